The normalized spacial score (nSPS) is 12.3. The summed E-state index contributed by atoms with van der Waals surface area (Å²) in [5.41, 5.74) is 0.270. The van der Waals surface area contributed by atoms with Crippen LogP contribution in [0.15, 0.2) is 24.3 Å². The topological polar surface area (TPSA) is 75.6 Å². The third-order valence-electron chi connectivity index (χ3n) is 2.46. The molecule has 6 heteroatoms. The van der Waals surface area contributed by atoms with Crippen molar-refractivity contribution in [3.05, 3.63) is 41.2 Å². The van der Waals surface area contributed by atoms with Crippen molar-refractivity contribution in [2.45, 2.75) is 13.0 Å². The minimum Gasteiger partial charge on any atom is -0.478 e. The lowest BCUT2D eigenvalue weighted by Gasteiger charge is -2.12. The largest absolute Gasteiger partial charge is 0.478 e. The van der Waals surface area contributed by atoms with Gasteiger partial charge in [0.25, 0.3) is 5.91 Å². The first-order valence-corrected chi connectivity index (χ1v) is 5.94. The molecule has 1 aromatic carbocycles. The maximum atomic E-state index is 13.7. The highest BCUT2D eigenvalue weighted by atomic mass is 19.1. The van der Waals surface area contributed by atoms with Gasteiger partial charge in [-0.15, -0.1) is 0 Å². The minimum atomic E-state index is -1.17. The third kappa shape index (κ3) is 4.81. The maximum absolute atomic E-state index is 13.7. The Morgan fingerprint density at radius 2 is 2.20 bits per heavy atom. The molecule has 1 rings (SSSR count). The summed E-state index contributed by atoms with van der Waals surface area (Å²) in [6, 6.07) is 3.66. The number of hydrogen-bond donors (Lipinski definition) is 2. The van der Waals surface area contributed by atoms with Gasteiger partial charge in [-0.25, -0.2) is 9.18 Å². The van der Waals surface area contributed by atoms with Crippen LogP contribution in [0.25, 0.3) is 6.08 Å². The van der Waals surface area contributed by atoms with Crippen LogP contribution in [-0.4, -0.2) is 36.7 Å². The van der Waals surface area contributed by atoms with Crippen LogP contribution in [0.3, 0.4) is 0 Å². The molecule has 0 aromatic heterocycles. The zero-order valence-electron chi connectivity index (χ0n) is 11.2. The van der Waals surface area contributed by atoms with Crippen molar-refractivity contribution < 1.29 is 23.8 Å². The Balaban J connectivity index is 2.81. The SMILES string of the molecule is COCC(C)NC(=O)c1ccc(C=CC(=O)O)c(F)c1. The average Bonchev–Trinajstić information content (AvgIpc) is 2.37. The molecule has 1 aromatic rings. The molecule has 0 aliphatic heterocycles. The molecule has 0 radical (unpaired) electrons. The Morgan fingerprint density at radius 1 is 1.50 bits per heavy atom. The van der Waals surface area contributed by atoms with E-state index in [4.69, 9.17) is 9.84 Å². The van der Waals surface area contributed by atoms with Gasteiger partial charge >= 0.3 is 5.97 Å². The molecule has 0 fully saturated rings. The summed E-state index contributed by atoms with van der Waals surface area (Å²) in [6.07, 6.45) is 1.96. The Hall–Kier alpha value is -2.21. The van der Waals surface area contributed by atoms with Crippen molar-refractivity contribution in [3.63, 3.8) is 0 Å². The quantitative estimate of drug-likeness (QED) is 0.778. The zero-order chi connectivity index (χ0) is 15.1. The van der Waals surface area contributed by atoms with E-state index < -0.39 is 17.7 Å². The maximum Gasteiger partial charge on any atom is 0.328 e. The van der Waals surface area contributed by atoms with Gasteiger partial charge < -0.3 is 15.2 Å². The molecule has 1 atom stereocenters. The number of methoxy groups -OCH3 is 1. The highest BCUT2D eigenvalue weighted by Gasteiger charge is 2.11. The predicted molar refractivity (Wildman–Crippen MR) is 71.9 cm³/mol. The Bertz CT molecular complexity index is 528. The van der Waals surface area contributed by atoms with Gasteiger partial charge in [0.05, 0.1) is 6.61 Å². The fourth-order valence-electron chi connectivity index (χ4n) is 1.56. The van der Waals surface area contributed by atoms with E-state index in [1.54, 1.807) is 6.92 Å². The second-order valence-electron chi connectivity index (χ2n) is 4.24. The van der Waals surface area contributed by atoms with Crippen LogP contribution in [0.5, 0.6) is 0 Å². The lowest BCUT2D eigenvalue weighted by Crippen LogP contribution is -2.35. The fraction of sp³-hybridized carbons (Fsp3) is 0.286. The van der Waals surface area contributed by atoms with E-state index in [9.17, 15) is 14.0 Å². The number of halogens is 1. The molecule has 0 heterocycles. The van der Waals surface area contributed by atoms with Crippen LogP contribution in [0.4, 0.5) is 4.39 Å². The van der Waals surface area contributed by atoms with Gasteiger partial charge in [0.1, 0.15) is 5.82 Å². The molecule has 5 nitrogen and oxygen atoms in total. The van der Waals surface area contributed by atoms with Crippen LogP contribution in [0, 0.1) is 5.82 Å². The second kappa shape index (κ2) is 7.40. The fourth-order valence-corrected chi connectivity index (χ4v) is 1.56. The molecular weight excluding hydrogens is 265 g/mol. The predicted octanol–water partition coefficient (Wildman–Crippen LogP) is 1.69. The van der Waals surface area contributed by atoms with Gasteiger partial charge in [0.15, 0.2) is 0 Å². The summed E-state index contributed by atoms with van der Waals surface area (Å²) in [5.74, 6) is -2.24. The molecule has 2 N–H and O–H groups in total. The first-order chi connectivity index (χ1) is 9.43. The standard InChI is InChI=1S/C14H16FNO4/c1-9(8-20-2)16-14(19)11-4-3-10(12(15)7-11)5-6-13(17)18/h3-7,9H,8H2,1-2H3,(H,16,19)(H,17,18). The van der Waals surface area contributed by atoms with Gasteiger partial charge in [-0.2, -0.15) is 0 Å². The number of ether oxygens (including phenoxy) is 1. The van der Waals surface area contributed by atoms with Crippen molar-refractivity contribution in [3.8, 4) is 0 Å². The van der Waals surface area contributed by atoms with E-state index in [1.807, 2.05) is 0 Å². The molecule has 0 aliphatic rings. The van der Waals surface area contributed by atoms with E-state index in [1.165, 1.54) is 19.2 Å². The lowest BCUT2D eigenvalue weighted by molar-refractivity contribution is -0.131. The number of carbonyl (C=O) groups is 2. The summed E-state index contributed by atoms with van der Waals surface area (Å²) in [5, 5.41) is 11.1. The highest BCUT2D eigenvalue weighted by molar-refractivity contribution is 5.94. The molecule has 0 bridgehead atoms. The zero-order valence-corrected chi connectivity index (χ0v) is 11.2. The van der Waals surface area contributed by atoms with E-state index in [-0.39, 0.29) is 17.2 Å². The number of benzene rings is 1. The first-order valence-electron chi connectivity index (χ1n) is 5.94. The number of amides is 1. The van der Waals surface area contributed by atoms with Crippen molar-refractivity contribution >= 4 is 18.0 Å². The Kier molecular flexibility index (Phi) is 5.86. The van der Waals surface area contributed by atoms with Crippen molar-refractivity contribution in [1.82, 2.24) is 5.32 Å². The number of rotatable bonds is 6. The highest BCUT2D eigenvalue weighted by Crippen LogP contribution is 2.12. The number of carboxylic acids is 1. The molecule has 0 spiro atoms. The molecule has 0 saturated heterocycles. The summed E-state index contributed by atoms with van der Waals surface area (Å²) in [7, 11) is 1.52. The first kappa shape index (κ1) is 15.8. The van der Waals surface area contributed by atoms with Gasteiger partial charge in [0.2, 0.25) is 0 Å². The number of carbonyl (C=O) groups excluding carboxylic acids is 1. The van der Waals surface area contributed by atoms with E-state index in [0.29, 0.717) is 6.61 Å². The average molecular weight is 281 g/mol. The molecule has 1 amide bonds. The number of hydrogen-bond acceptors (Lipinski definition) is 3. The summed E-state index contributed by atoms with van der Waals surface area (Å²) in [4.78, 5) is 22.2. The van der Waals surface area contributed by atoms with Crippen molar-refractivity contribution in [1.29, 1.82) is 0 Å². The molecular formula is C14H16FNO4. The summed E-state index contributed by atoms with van der Waals surface area (Å²) in [6.45, 7) is 2.12. The van der Waals surface area contributed by atoms with E-state index >= 15 is 0 Å². The molecule has 108 valence electrons. The second-order valence-corrected chi connectivity index (χ2v) is 4.24. The van der Waals surface area contributed by atoms with Gasteiger partial charge in [-0.05, 0) is 25.1 Å². The lowest BCUT2D eigenvalue weighted by atomic mass is 10.1. The van der Waals surface area contributed by atoms with Gasteiger partial charge in [0, 0.05) is 30.4 Å². The van der Waals surface area contributed by atoms with E-state index in [0.717, 1.165) is 18.2 Å². The molecule has 1 unspecified atom stereocenters. The van der Waals surface area contributed by atoms with Gasteiger partial charge in [-0.3, -0.25) is 4.79 Å². The third-order valence-corrected chi connectivity index (χ3v) is 2.46. The van der Waals surface area contributed by atoms with Crippen LogP contribution < -0.4 is 5.32 Å². The smallest absolute Gasteiger partial charge is 0.328 e. The van der Waals surface area contributed by atoms with E-state index in [2.05, 4.69) is 5.32 Å². The Labute approximate surface area is 116 Å². The summed E-state index contributed by atoms with van der Waals surface area (Å²) >= 11 is 0. The number of carboxylic acid groups (broad SMARTS) is 1. The minimum absolute atomic E-state index is 0.105. The van der Waals surface area contributed by atoms with Crippen LogP contribution >= 0.6 is 0 Å². The summed E-state index contributed by atoms with van der Waals surface area (Å²) < 4.78 is 18.6. The van der Waals surface area contributed by atoms with Crippen molar-refractivity contribution in [2.75, 3.05) is 13.7 Å². The van der Waals surface area contributed by atoms with Crippen LogP contribution in [-0.2, 0) is 9.53 Å². The van der Waals surface area contributed by atoms with Crippen LogP contribution in [0.1, 0.15) is 22.8 Å². The molecule has 0 aliphatic carbocycles. The van der Waals surface area contributed by atoms with Gasteiger partial charge in [-0.1, -0.05) is 6.07 Å². The van der Waals surface area contributed by atoms with Crippen molar-refractivity contribution in [2.24, 2.45) is 0 Å². The number of nitrogens with one attached hydrogen (secondary N) is 1. The monoisotopic (exact) mass is 281 g/mol. The number of aliphatic carboxylic acids is 1. The Morgan fingerprint density at radius 3 is 2.75 bits per heavy atom. The molecule has 0 saturated carbocycles. The molecule has 20 heavy (non-hydrogen) atoms. The van der Waals surface area contributed by atoms with Crippen LogP contribution in [0.2, 0.25) is 0 Å².